The van der Waals surface area contributed by atoms with Gasteiger partial charge >= 0.3 is 0 Å². The number of hydrogen-bond donors (Lipinski definition) is 2. The number of nitrogens with zero attached hydrogens (tertiary/aromatic N) is 2. The van der Waals surface area contributed by atoms with Crippen LogP contribution in [0.4, 0.5) is 5.69 Å². The fourth-order valence-corrected chi connectivity index (χ4v) is 1.81. The Morgan fingerprint density at radius 1 is 1.23 bits per heavy atom. The first-order valence-corrected chi connectivity index (χ1v) is 6.81. The normalized spacial score (nSPS) is 10.9. The van der Waals surface area contributed by atoms with Crippen molar-refractivity contribution in [3.05, 3.63) is 54.4 Å². The zero-order valence-electron chi connectivity index (χ0n) is 12.5. The summed E-state index contributed by atoms with van der Waals surface area (Å²) in [5.74, 6) is 0.450. The summed E-state index contributed by atoms with van der Waals surface area (Å²) in [6, 6.07) is 11.1. The minimum atomic E-state index is -0.237. The summed E-state index contributed by atoms with van der Waals surface area (Å²) >= 11 is 0. The molecule has 0 unspecified atom stereocenters. The van der Waals surface area contributed by atoms with E-state index < -0.39 is 0 Å². The van der Waals surface area contributed by atoms with Crippen molar-refractivity contribution in [3.63, 3.8) is 0 Å². The number of carbonyl (C=O) groups excluding carboxylic acids is 1. The van der Waals surface area contributed by atoms with Crippen LogP contribution >= 0.6 is 0 Å². The van der Waals surface area contributed by atoms with E-state index in [0.29, 0.717) is 11.5 Å². The third kappa shape index (κ3) is 4.31. The van der Waals surface area contributed by atoms with E-state index in [1.807, 2.05) is 43.3 Å². The summed E-state index contributed by atoms with van der Waals surface area (Å²) in [5.41, 5.74) is 4.90. The van der Waals surface area contributed by atoms with Crippen LogP contribution in [0.25, 0.3) is 0 Å². The summed E-state index contributed by atoms with van der Waals surface area (Å²) in [5, 5.41) is 7.08. The average Bonchev–Trinajstić information content (AvgIpc) is 2.58. The summed E-state index contributed by atoms with van der Waals surface area (Å²) in [6.45, 7) is 1.93. The molecule has 0 saturated carbocycles. The number of hydrazone groups is 1. The van der Waals surface area contributed by atoms with Gasteiger partial charge in [0, 0.05) is 18.0 Å². The second kappa shape index (κ2) is 7.78. The molecule has 0 aliphatic carbocycles. The van der Waals surface area contributed by atoms with Crippen molar-refractivity contribution in [2.24, 2.45) is 5.10 Å². The average molecular weight is 298 g/mol. The third-order valence-corrected chi connectivity index (χ3v) is 2.99. The zero-order valence-corrected chi connectivity index (χ0v) is 12.5. The van der Waals surface area contributed by atoms with Crippen molar-refractivity contribution < 1.29 is 9.53 Å². The van der Waals surface area contributed by atoms with Crippen LogP contribution in [-0.4, -0.2) is 30.3 Å². The molecule has 2 rings (SSSR count). The van der Waals surface area contributed by atoms with Gasteiger partial charge in [-0.05, 0) is 31.2 Å². The highest BCUT2D eigenvalue weighted by atomic mass is 16.5. The minimum Gasteiger partial charge on any atom is -0.495 e. The van der Waals surface area contributed by atoms with E-state index in [4.69, 9.17) is 4.74 Å². The van der Waals surface area contributed by atoms with Crippen molar-refractivity contribution in [1.29, 1.82) is 0 Å². The maximum Gasteiger partial charge on any atom is 0.259 e. The second-order valence-corrected chi connectivity index (χ2v) is 4.52. The van der Waals surface area contributed by atoms with Crippen LogP contribution in [0, 0.1) is 0 Å². The highest BCUT2D eigenvalue weighted by molar-refractivity contribution is 5.99. The standard InChI is InChI=1S/C16H18N4O2/c1-12(13-7-9-17-10-8-13)19-20-16(21)11-18-14-5-3-4-6-15(14)22-2/h3-10,18H,11H2,1-2H3,(H,20,21)/b19-12-. The number of rotatable bonds is 6. The van der Waals surface area contributed by atoms with E-state index in [9.17, 15) is 4.79 Å². The lowest BCUT2D eigenvalue weighted by Crippen LogP contribution is -2.26. The number of para-hydroxylation sites is 2. The Labute approximate surface area is 129 Å². The number of amides is 1. The van der Waals surface area contributed by atoms with Crippen LogP contribution in [0.2, 0.25) is 0 Å². The molecular weight excluding hydrogens is 280 g/mol. The second-order valence-electron chi connectivity index (χ2n) is 4.52. The van der Waals surface area contributed by atoms with Gasteiger partial charge in [-0.3, -0.25) is 9.78 Å². The number of nitrogens with one attached hydrogen (secondary N) is 2. The molecule has 6 heteroatoms. The van der Waals surface area contributed by atoms with Crippen molar-refractivity contribution in [2.75, 3.05) is 19.0 Å². The highest BCUT2D eigenvalue weighted by Crippen LogP contribution is 2.22. The van der Waals surface area contributed by atoms with Crippen molar-refractivity contribution >= 4 is 17.3 Å². The predicted octanol–water partition coefficient (Wildman–Crippen LogP) is 2.04. The molecule has 0 bridgehead atoms. The first-order chi connectivity index (χ1) is 10.7. The Hall–Kier alpha value is -2.89. The van der Waals surface area contributed by atoms with Crippen LogP contribution in [0.1, 0.15) is 12.5 Å². The van der Waals surface area contributed by atoms with Crippen molar-refractivity contribution in [1.82, 2.24) is 10.4 Å². The molecule has 0 aliphatic rings. The van der Waals surface area contributed by atoms with Crippen LogP contribution in [-0.2, 0) is 4.79 Å². The largest absolute Gasteiger partial charge is 0.495 e. The van der Waals surface area contributed by atoms with E-state index in [0.717, 1.165) is 11.3 Å². The van der Waals surface area contributed by atoms with Crippen LogP contribution < -0.4 is 15.5 Å². The molecular formula is C16H18N4O2. The molecule has 22 heavy (non-hydrogen) atoms. The molecule has 0 spiro atoms. The lowest BCUT2D eigenvalue weighted by Gasteiger charge is -2.10. The van der Waals surface area contributed by atoms with Gasteiger partial charge in [-0.25, -0.2) is 5.43 Å². The summed E-state index contributed by atoms with van der Waals surface area (Å²) in [6.07, 6.45) is 3.36. The van der Waals surface area contributed by atoms with E-state index in [1.165, 1.54) is 0 Å². The maximum atomic E-state index is 11.8. The van der Waals surface area contributed by atoms with Gasteiger partial charge in [-0.2, -0.15) is 5.10 Å². The van der Waals surface area contributed by atoms with Gasteiger partial charge in [0.2, 0.25) is 0 Å². The van der Waals surface area contributed by atoms with Gasteiger partial charge < -0.3 is 10.1 Å². The highest BCUT2D eigenvalue weighted by Gasteiger charge is 2.04. The number of aromatic nitrogens is 1. The van der Waals surface area contributed by atoms with Gasteiger partial charge in [0.15, 0.2) is 0 Å². The molecule has 0 radical (unpaired) electrons. The lowest BCUT2D eigenvalue weighted by atomic mass is 10.2. The van der Waals surface area contributed by atoms with Crippen LogP contribution in [0.5, 0.6) is 5.75 Å². The Kier molecular flexibility index (Phi) is 5.48. The minimum absolute atomic E-state index is 0.105. The number of methoxy groups -OCH3 is 1. The zero-order chi connectivity index (χ0) is 15.8. The molecule has 0 saturated heterocycles. The van der Waals surface area contributed by atoms with E-state index >= 15 is 0 Å². The van der Waals surface area contributed by atoms with Crippen LogP contribution in [0.3, 0.4) is 0 Å². The Morgan fingerprint density at radius 3 is 2.68 bits per heavy atom. The maximum absolute atomic E-state index is 11.8. The van der Waals surface area contributed by atoms with E-state index in [2.05, 4.69) is 20.8 Å². The Morgan fingerprint density at radius 2 is 1.95 bits per heavy atom. The SMILES string of the molecule is COc1ccccc1NCC(=O)N/N=C(/C)c1ccncc1. The Bertz CT molecular complexity index is 656. The number of pyridine rings is 1. The van der Waals surface area contributed by atoms with Gasteiger partial charge in [0.05, 0.1) is 25.1 Å². The molecule has 1 aromatic heterocycles. The number of ether oxygens (including phenoxy) is 1. The smallest absolute Gasteiger partial charge is 0.259 e. The third-order valence-electron chi connectivity index (χ3n) is 2.99. The fourth-order valence-electron chi connectivity index (χ4n) is 1.81. The molecule has 0 fully saturated rings. The molecule has 0 aliphatic heterocycles. The lowest BCUT2D eigenvalue weighted by molar-refractivity contribution is -0.119. The molecule has 1 amide bonds. The molecule has 2 N–H and O–H groups in total. The summed E-state index contributed by atoms with van der Waals surface area (Å²) in [7, 11) is 1.59. The topological polar surface area (TPSA) is 75.6 Å². The van der Waals surface area contributed by atoms with Crippen LogP contribution in [0.15, 0.2) is 53.9 Å². The predicted molar refractivity (Wildman–Crippen MR) is 86.1 cm³/mol. The quantitative estimate of drug-likeness (QED) is 0.632. The molecule has 1 heterocycles. The van der Waals surface area contributed by atoms with Crippen molar-refractivity contribution in [3.8, 4) is 5.75 Å². The molecule has 114 valence electrons. The first-order valence-electron chi connectivity index (χ1n) is 6.81. The molecule has 2 aromatic rings. The summed E-state index contributed by atoms with van der Waals surface area (Å²) < 4.78 is 5.21. The van der Waals surface area contributed by atoms with Gasteiger partial charge in [-0.15, -0.1) is 0 Å². The monoisotopic (exact) mass is 298 g/mol. The van der Waals surface area contributed by atoms with Gasteiger partial charge in [0.25, 0.3) is 5.91 Å². The van der Waals surface area contributed by atoms with E-state index in [1.54, 1.807) is 19.5 Å². The summed E-state index contributed by atoms with van der Waals surface area (Å²) in [4.78, 5) is 15.8. The first kappa shape index (κ1) is 15.5. The number of carbonyl (C=O) groups is 1. The fraction of sp³-hybridized carbons (Fsp3) is 0.188. The van der Waals surface area contributed by atoms with Gasteiger partial charge in [0.1, 0.15) is 5.75 Å². The number of hydrogen-bond acceptors (Lipinski definition) is 5. The molecule has 1 aromatic carbocycles. The number of anilines is 1. The number of benzene rings is 1. The Balaban J connectivity index is 1.88. The molecule has 6 nitrogen and oxygen atoms in total. The molecule has 0 atom stereocenters. The van der Waals surface area contributed by atoms with Crippen molar-refractivity contribution in [2.45, 2.75) is 6.92 Å². The van der Waals surface area contributed by atoms with Gasteiger partial charge in [-0.1, -0.05) is 12.1 Å². The van der Waals surface area contributed by atoms with E-state index in [-0.39, 0.29) is 12.5 Å².